The van der Waals surface area contributed by atoms with E-state index in [0.29, 0.717) is 5.56 Å². The van der Waals surface area contributed by atoms with Crippen LogP contribution in [0.3, 0.4) is 0 Å². The van der Waals surface area contributed by atoms with Crippen molar-refractivity contribution < 1.29 is 0 Å². The zero-order chi connectivity index (χ0) is 13.7. The number of aryl methyl sites for hydroxylation is 1. The van der Waals surface area contributed by atoms with Gasteiger partial charge in [-0.05, 0) is 62.1 Å². The van der Waals surface area contributed by atoms with E-state index >= 15 is 0 Å². The first-order valence-corrected chi connectivity index (χ1v) is 6.02. The summed E-state index contributed by atoms with van der Waals surface area (Å²) in [5.74, 6) is 0. The van der Waals surface area contributed by atoms with Crippen LogP contribution in [-0.4, -0.2) is 0 Å². The van der Waals surface area contributed by atoms with Crippen LogP contribution in [0.2, 0.25) is 0 Å². The SMILES string of the molecule is C=C/C(=C\C)c1cc(C=C(C)C)c(C)cc1C#N. The highest BCUT2D eigenvalue weighted by Gasteiger charge is 2.08. The minimum Gasteiger partial charge on any atom is -0.192 e. The highest BCUT2D eigenvalue weighted by molar-refractivity contribution is 5.79. The Morgan fingerprint density at radius 3 is 2.44 bits per heavy atom. The molecule has 1 aromatic rings. The molecule has 0 amide bonds. The van der Waals surface area contributed by atoms with Gasteiger partial charge in [0.2, 0.25) is 0 Å². The maximum absolute atomic E-state index is 9.23. The van der Waals surface area contributed by atoms with E-state index in [1.54, 1.807) is 6.08 Å². The van der Waals surface area contributed by atoms with Crippen molar-refractivity contribution >= 4 is 11.6 Å². The first kappa shape index (κ1) is 14.0. The molecule has 0 aliphatic carbocycles. The van der Waals surface area contributed by atoms with Crippen molar-refractivity contribution in [3.63, 3.8) is 0 Å². The topological polar surface area (TPSA) is 23.8 Å². The largest absolute Gasteiger partial charge is 0.192 e. The summed E-state index contributed by atoms with van der Waals surface area (Å²) >= 11 is 0. The van der Waals surface area contributed by atoms with Crippen molar-refractivity contribution in [3.05, 3.63) is 58.7 Å². The van der Waals surface area contributed by atoms with Gasteiger partial charge in [-0.25, -0.2) is 0 Å². The summed E-state index contributed by atoms with van der Waals surface area (Å²) in [5, 5.41) is 9.23. The normalized spacial score (nSPS) is 10.7. The molecular weight excluding hydrogens is 218 g/mol. The number of hydrogen-bond acceptors (Lipinski definition) is 1. The van der Waals surface area contributed by atoms with E-state index in [1.165, 1.54) is 5.57 Å². The third-order valence-corrected chi connectivity index (χ3v) is 2.81. The number of nitrogens with zero attached hydrogens (tertiary/aromatic N) is 1. The van der Waals surface area contributed by atoms with Crippen LogP contribution in [0.4, 0.5) is 0 Å². The van der Waals surface area contributed by atoms with Gasteiger partial charge in [0.1, 0.15) is 0 Å². The standard InChI is InChI=1S/C17H19N/c1-6-14(7-2)17-10-15(8-12(3)4)13(5)9-16(17)11-18/h6-10H,1H2,2-5H3/b14-7+. The van der Waals surface area contributed by atoms with E-state index in [1.807, 2.05) is 26.0 Å². The van der Waals surface area contributed by atoms with E-state index in [-0.39, 0.29) is 0 Å². The highest BCUT2D eigenvalue weighted by atomic mass is 14.3. The average Bonchev–Trinajstić information content (AvgIpc) is 2.33. The van der Waals surface area contributed by atoms with Gasteiger partial charge in [-0.2, -0.15) is 5.26 Å². The van der Waals surface area contributed by atoms with Crippen molar-refractivity contribution in [2.45, 2.75) is 27.7 Å². The molecule has 0 spiro atoms. The predicted molar refractivity (Wildman–Crippen MR) is 79.1 cm³/mol. The second-order valence-electron chi connectivity index (χ2n) is 4.54. The number of allylic oxidation sites excluding steroid dienone is 4. The summed E-state index contributed by atoms with van der Waals surface area (Å²) in [4.78, 5) is 0. The van der Waals surface area contributed by atoms with Crippen LogP contribution < -0.4 is 0 Å². The average molecular weight is 237 g/mol. The minimum atomic E-state index is 0.700. The molecule has 0 aliphatic heterocycles. The fraction of sp³-hybridized carbons (Fsp3) is 0.235. The molecule has 1 rings (SSSR count). The maximum Gasteiger partial charge on any atom is 0.0998 e. The van der Waals surface area contributed by atoms with Gasteiger partial charge in [-0.3, -0.25) is 0 Å². The summed E-state index contributed by atoms with van der Waals surface area (Å²) < 4.78 is 0. The molecule has 0 radical (unpaired) electrons. The van der Waals surface area contributed by atoms with E-state index in [2.05, 4.69) is 38.6 Å². The second-order valence-corrected chi connectivity index (χ2v) is 4.54. The molecule has 1 nitrogen and oxygen atoms in total. The molecular formula is C17H19N. The molecule has 1 aromatic carbocycles. The fourth-order valence-corrected chi connectivity index (χ4v) is 1.91. The van der Waals surface area contributed by atoms with E-state index in [0.717, 1.165) is 22.3 Å². The Kier molecular flexibility index (Phi) is 4.68. The number of nitriles is 1. The molecule has 92 valence electrons. The number of rotatable bonds is 3. The summed E-state index contributed by atoms with van der Waals surface area (Å²) in [7, 11) is 0. The summed E-state index contributed by atoms with van der Waals surface area (Å²) in [5.41, 5.74) is 6.17. The van der Waals surface area contributed by atoms with Crippen LogP contribution in [-0.2, 0) is 0 Å². The lowest BCUT2D eigenvalue weighted by atomic mass is 9.94. The molecule has 0 aromatic heterocycles. The molecule has 0 aliphatic rings. The Morgan fingerprint density at radius 1 is 1.33 bits per heavy atom. The van der Waals surface area contributed by atoms with Gasteiger partial charge in [0, 0.05) is 0 Å². The van der Waals surface area contributed by atoms with Crippen molar-refractivity contribution in [2.75, 3.05) is 0 Å². The van der Waals surface area contributed by atoms with Crippen LogP contribution in [0, 0.1) is 18.3 Å². The minimum absolute atomic E-state index is 0.700. The predicted octanol–water partition coefficient (Wildman–Crippen LogP) is 4.88. The zero-order valence-electron chi connectivity index (χ0n) is 11.5. The van der Waals surface area contributed by atoms with E-state index in [4.69, 9.17) is 0 Å². The van der Waals surface area contributed by atoms with Crippen molar-refractivity contribution in [1.82, 2.24) is 0 Å². The van der Waals surface area contributed by atoms with Crippen LogP contribution in [0.25, 0.3) is 11.6 Å². The monoisotopic (exact) mass is 237 g/mol. The van der Waals surface area contributed by atoms with Crippen molar-refractivity contribution in [3.8, 4) is 6.07 Å². The highest BCUT2D eigenvalue weighted by Crippen LogP contribution is 2.25. The zero-order valence-corrected chi connectivity index (χ0v) is 11.5. The number of hydrogen-bond donors (Lipinski definition) is 0. The molecule has 1 heteroatoms. The Bertz CT molecular complexity index is 562. The van der Waals surface area contributed by atoms with E-state index in [9.17, 15) is 5.26 Å². The van der Waals surface area contributed by atoms with Gasteiger partial charge in [0.25, 0.3) is 0 Å². The molecule has 18 heavy (non-hydrogen) atoms. The van der Waals surface area contributed by atoms with Gasteiger partial charge >= 0.3 is 0 Å². The Hall–Kier alpha value is -2.07. The third-order valence-electron chi connectivity index (χ3n) is 2.81. The maximum atomic E-state index is 9.23. The van der Waals surface area contributed by atoms with Crippen LogP contribution in [0.1, 0.15) is 43.0 Å². The first-order chi connectivity index (χ1) is 8.53. The first-order valence-electron chi connectivity index (χ1n) is 6.02. The second kappa shape index (κ2) is 6.02. The van der Waals surface area contributed by atoms with E-state index < -0.39 is 0 Å². The fourth-order valence-electron chi connectivity index (χ4n) is 1.91. The Balaban J connectivity index is 3.55. The molecule has 0 unspecified atom stereocenters. The summed E-state index contributed by atoms with van der Waals surface area (Å²) in [6.07, 6.45) is 5.90. The Labute approximate surface area is 110 Å². The lowest BCUT2D eigenvalue weighted by Crippen LogP contribution is -1.93. The van der Waals surface area contributed by atoms with Crippen molar-refractivity contribution in [1.29, 1.82) is 5.26 Å². The lowest BCUT2D eigenvalue weighted by Gasteiger charge is -2.10. The molecule has 0 N–H and O–H groups in total. The van der Waals surface area contributed by atoms with Crippen molar-refractivity contribution in [2.24, 2.45) is 0 Å². The Morgan fingerprint density at radius 2 is 2.00 bits per heavy atom. The van der Waals surface area contributed by atoms with Gasteiger partial charge in [-0.15, -0.1) is 0 Å². The summed E-state index contributed by atoms with van der Waals surface area (Å²) in [6, 6.07) is 6.27. The van der Waals surface area contributed by atoms with Crippen LogP contribution >= 0.6 is 0 Å². The third kappa shape index (κ3) is 2.99. The molecule has 0 heterocycles. The van der Waals surface area contributed by atoms with Gasteiger partial charge in [-0.1, -0.05) is 30.4 Å². The molecule has 0 saturated heterocycles. The van der Waals surface area contributed by atoms with Gasteiger partial charge in [0.15, 0.2) is 0 Å². The van der Waals surface area contributed by atoms with Crippen LogP contribution in [0.15, 0.2) is 36.4 Å². The number of benzene rings is 1. The van der Waals surface area contributed by atoms with Crippen LogP contribution in [0.5, 0.6) is 0 Å². The molecule has 0 atom stereocenters. The van der Waals surface area contributed by atoms with Gasteiger partial charge in [0.05, 0.1) is 11.6 Å². The van der Waals surface area contributed by atoms with Gasteiger partial charge < -0.3 is 0 Å². The molecule has 0 fully saturated rings. The lowest BCUT2D eigenvalue weighted by molar-refractivity contribution is 1.36. The quantitative estimate of drug-likeness (QED) is 0.687. The molecule has 0 bridgehead atoms. The molecule has 0 saturated carbocycles. The summed E-state index contributed by atoms with van der Waals surface area (Å²) in [6.45, 7) is 11.9. The smallest absolute Gasteiger partial charge is 0.0998 e.